The second-order valence-electron chi connectivity index (χ2n) is 5.62. The van der Waals surface area contributed by atoms with Crippen LogP contribution in [0.5, 0.6) is 5.75 Å². The van der Waals surface area contributed by atoms with Crippen LogP contribution in [0.15, 0.2) is 18.2 Å². The van der Waals surface area contributed by atoms with Crippen LogP contribution in [-0.4, -0.2) is 29.6 Å². The number of benzene rings is 1. The molecule has 0 radical (unpaired) electrons. The Hall–Kier alpha value is -2.04. The van der Waals surface area contributed by atoms with Gasteiger partial charge in [-0.25, -0.2) is 0 Å². The van der Waals surface area contributed by atoms with Gasteiger partial charge in [0.1, 0.15) is 5.75 Å². The van der Waals surface area contributed by atoms with E-state index in [4.69, 9.17) is 9.84 Å². The number of hydrogen-bond acceptors (Lipinski definition) is 3. The zero-order valence-electron chi connectivity index (χ0n) is 12.4. The van der Waals surface area contributed by atoms with E-state index in [2.05, 4.69) is 5.32 Å². The molecular weight excluding hydrogens is 270 g/mol. The summed E-state index contributed by atoms with van der Waals surface area (Å²) in [6.07, 6.45) is 1.94. The highest BCUT2D eigenvalue weighted by Crippen LogP contribution is 2.34. The van der Waals surface area contributed by atoms with Gasteiger partial charge >= 0.3 is 5.97 Å². The fourth-order valence-corrected chi connectivity index (χ4v) is 2.44. The number of ether oxygens (including phenoxy) is 1. The predicted octanol–water partition coefficient (Wildman–Crippen LogP) is 2.05. The summed E-state index contributed by atoms with van der Waals surface area (Å²) in [6, 6.07) is 5.51. The van der Waals surface area contributed by atoms with Crippen LogP contribution in [0.25, 0.3) is 0 Å². The first-order chi connectivity index (χ1) is 9.97. The minimum absolute atomic E-state index is 0.0280. The molecule has 0 heterocycles. The molecule has 0 aliphatic heterocycles. The van der Waals surface area contributed by atoms with Gasteiger partial charge in [-0.3, -0.25) is 9.59 Å². The molecule has 1 aliphatic rings. The van der Waals surface area contributed by atoms with Crippen molar-refractivity contribution in [1.29, 1.82) is 0 Å². The van der Waals surface area contributed by atoms with Crippen LogP contribution in [0.1, 0.15) is 30.4 Å². The molecule has 1 fully saturated rings. The van der Waals surface area contributed by atoms with Gasteiger partial charge in [-0.1, -0.05) is 18.2 Å². The number of carbonyl (C=O) groups excluding carboxylic acids is 1. The normalized spacial score (nSPS) is 15.3. The average Bonchev–Trinajstić information content (AvgIpc) is 3.21. The molecule has 2 rings (SSSR count). The van der Waals surface area contributed by atoms with Crippen molar-refractivity contribution >= 4 is 11.9 Å². The van der Waals surface area contributed by atoms with Crippen LogP contribution in [0, 0.1) is 19.8 Å². The van der Waals surface area contributed by atoms with E-state index in [9.17, 15) is 9.59 Å². The molecule has 1 aliphatic carbocycles. The van der Waals surface area contributed by atoms with Crippen molar-refractivity contribution in [2.45, 2.75) is 39.2 Å². The molecule has 1 aromatic rings. The molecule has 0 aromatic heterocycles. The number of rotatable bonds is 7. The summed E-state index contributed by atoms with van der Waals surface area (Å²) in [6.45, 7) is 3.77. The van der Waals surface area contributed by atoms with E-state index in [0.29, 0.717) is 11.7 Å². The number of carboxylic acids is 1. The lowest BCUT2D eigenvalue weighted by Crippen LogP contribution is -2.40. The van der Waals surface area contributed by atoms with E-state index < -0.39 is 5.97 Å². The monoisotopic (exact) mass is 291 g/mol. The Morgan fingerprint density at radius 1 is 1.33 bits per heavy atom. The molecule has 0 saturated heterocycles. The molecule has 1 aromatic carbocycles. The van der Waals surface area contributed by atoms with Crippen molar-refractivity contribution < 1.29 is 19.4 Å². The second kappa shape index (κ2) is 6.61. The first-order valence-corrected chi connectivity index (χ1v) is 7.17. The summed E-state index contributed by atoms with van der Waals surface area (Å²) in [7, 11) is 0. The van der Waals surface area contributed by atoms with Crippen molar-refractivity contribution in [2.24, 2.45) is 5.92 Å². The van der Waals surface area contributed by atoms with Gasteiger partial charge in [-0.15, -0.1) is 0 Å². The van der Waals surface area contributed by atoms with E-state index in [-0.39, 0.29) is 25.0 Å². The molecule has 1 amide bonds. The Balaban J connectivity index is 1.88. The molecule has 5 heteroatoms. The smallest absolute Gasteiger partial charge is 0.305 e. The molecule has 2 N–H and O–H groups in total. The molecule has 1 atom stereocenters. The van der Waals surface area contributed by atoms with Gasteiger partial charge in [0.25, 0.3) is 5.91 Å². The number of carbonyl (C=O) groups is 2. The molecule has 114 valence electrons. The van der Waals surface area contributed by atoms with Gasteiger partial charge in [-0.05, 0) is 43.7 Å². The maximum absolute atomic E-state index is 11.9. The lowest BCUT2D eigenvalue weighted by atomic mass is 10.1. The molecule has 1 saturated carbocycles. The third-order valence-corrected chi connectivity index (χ3v) is 3.69. The molecule has 0 bridgehead atoms. The third kappa shape index (κ3) is 4.48. The number of amides is 1. The molecule has 1 unspecified atom stereocenters. The van der Waals surface area contributed by atoms with E-state index in [1.54, 1.807) is 0 Å². The van der Waals surface area contributed by atoms with E-state index >= 15 is 0 Å². The second-order valence-corrected chi connectivity index (χ2v) is 5.62. The van der Waals surface area contributed by atoms with Crippen molar-refractivity contribution in [3.05, 3.63) is 29.3 Å². The van der Waals surface area contributed by atoms with Crippen LogP contribution in [0.4, 0.5) is 0 Å². The van der Waals surface area contributed by atoms with E-state index in [0.717, 1.165) is 24.0 Å². The fourth-order valence-electron chi connectivity index (χ4n) is 2.44. The van der Waals surface area contributed by atoms with Gasteiger partial charge in [0.2, 0.25) is 0 Å². The molecule has 5 nitrogen and oxygen atoms in total. The Morgan fingerprint density at radius 3 is 2.48 bits per heavy atom. The summed E-state index contributed by atoms with van der Waals surface area (Å²) >= 11 is 0. The van der Waals surface area contributed by atoms with Crippen molar-refractivity contribution in [3.8, 4) is 5.75 Å². The number of para-hydroxylation sites is 1. The minimum Gasteiger partial charge on any atom is -0.483 e. The summed E-state index contributed by atoms with van der Waals surface area (Å²) in [5.74, 6) is -0.141. The zero-order valence-corrected chi connectivity index (χ0v) is 12.4. The van der Waals surface area contributed by atoms with Gasteiger partial charge < -0.3 is 15.2 Å². The number of carboxylic acid groups (broad SMARTS) is 1. The summed E-state index contributed by atoms with van der Waals surface area (Å²) in [5, 5.41) is 11.6. The van der Waals surface area contributed by atoms with Crippen LogP contribution in [-0.2, 0) is 9.59 Å². The Labute approximate surface area is 124 Å². The summed E-state index contributed by atoms with van der Waals surface area (Å²) in [5.41, 5.74) is 1.96. The van der Waals surface area contributed by atoms with E-state index in [1.807, 2.05) is 32.0 Å². The maximum atomic E-state index is 11.9. The highest BCUT2D eigenvalue weighted by Gasteiger charge is 2.33. The Kier molecular flexibility index (Phi) is 4.83. The first kappa shape index (κ1) is 15.4. The van der Waals surface area contributed by atoms with Crippen molar-refractivity contribution in [2.75, 3.05) is 6.61 Å². The first-order valence-electron chi connectivity index (χ1n) is 7.17. The maximum Gasteiger partial charge on any atom is 0.305 e. The average molecular weight is 291 g/mol. The van der Waals surface area contributed by atoms with Crippen LogP contribution < -0.4 is 10.1 Å². The largest absolute Gasteiger partial charge is 0.483 e. The Bertz CT molecular complexity index is 517. The molecule has 21 heavy (non-hydrogen) atoms. The summed E-state index contributed by atoms with van der Waals surface area (Å²) < 4.78 is 5.58. The van der Waals surface area contributed by atoms with E-state index in [1.165, 1.54) is 0 Å². The highest BCUT2D eigenvalue weighted by atomic mass is 16.5. The van der Waals surface area contributed by atoms with Crippen LogP contribution in [0.3, 0.4) is 0 Å². The number of aliphatic carboxylic acids is 1. The SMILES string of the molecule is Cc1cccc(C)c1OCC(=O)NC(CC(=O)O)C1CC1. The number of nitrogens with one attached hydrogen (secondary N) is 1. The van der Waals surface area contributed by atoms with Gasteiger partial charge in [0.05, 0.1) is 6.42 Å². The zero-order chi connectivity index (χ0) is 15.4. The standard InChI is InChI=1S/C16H21NO4/c1-10-4-3-5-11(2)16(10)21-9-14(18)17-13(8-15(19)20)12-6-7-12/h3-5,12-13H,6-9H2,1-2H3,(H,17,18)(H,19,20). The topological polar surface area (TPSA) is 75.6 Å². The van der Waals surface area contributed by atoms with Crippen molar-refractivity contribution in [1.82, 2.24) is 5.32 Å². The lowest BCUT2D eigenvalue weighted by Gasteiger charge is -2.17. The van der Waals surface area contributed by atoms with Crippen LogP contribution in [0.2, 0.25) is 0 Å². The summed E-state index contributed by atoms with van der Waals surface area (Å²) in [4.78, 5) is 22.7. The number of aryl methyl sites for hydroxylation is 2. The van der Waals surface area contributed by atoms with Gasteiger partial charge in [0, 0.05) is 6.04 Å². The van der Waals surface area contributed by atoms with Crippen LogP contribution >= 0.6 is 0 Å². The van der Waals surface area contributed by atoms with Gasteiger partial charge in [0.15, 0.2) is 6.61 Å². The third-order valence-electron chi connectivity index (χ3n) is 3.69. The quantitative estimate of drug-likeness (QED) is 0.806. The van der Waals surface area contributed by atoms with Gasteiger partial charge in [-0.2, -0.15) is 0 Å². The minimum atomic E-state index is -0.886. The highest BCUT2D eigenvalue weighted by molar-refractivity contribution is 5.79. The predicted molar refractivity (Wildman–Crippen MR) is 78.3 cm³/mol. The Morgan fingerprint density at radius 2 is 1.95 bits per heavy atom. The molecule has 0 spiro atoms. The number of hydrogen-bond donors (Lipinski definition) is 2. The lowest BCUT2D eigenvalue weighted by molar-refractivity contribution is -0.138. The van der Waals surface area contributed by atoms with Crippen molar-refractivity contribution in [3.63, 3.8) is 0 Å². The fraction of sp³-hybridized carbons (Fsp3) is 0.500. The molecular formula is C16H21NO4.